The van der Waals surface area contributed by atoms with Crippen LogP contribution >= 0.6 is 11.6 Å². The highest BCUT2D eigenvalue weighted by molar-refractivity contribution is 6.17. The zero-order valence-corrected chi connectivity index (χ0v) is 11.3. The van der Waals surface area contributed by atoms with Gasteiger partial charge in [-0.1, -0.05) is 5.21 Å². The van der Waals surface area contributed by atoms with Crippen LogP contribution in [0.4, 0.5) is 10.1 Å². The number of aromatic nitrogens is 3. The van der Waals surface area contributed by atoms with Gasteiger partial charge in [-0.2, -0.15) is 0 Å². The number of halogens is 2. The number of rotatable bonds is 6. The molecule has 20 heavy (non-hydrogen) atoms. The van der Waals surface area contributed by atoms with E-state index in [2.05, 4.69) is 10.3 Å². The summed E-state index contributed by atoms with van der Waals surface area (Å²) in [4.78, 5) is 10.4. The Morgan fingerprint density at radius 3 is 2.95 bits per heavy atom. The van der Waals surface area contributed by atoms with E-state index < -0.39 is 10.7 Å². The number of hydrogen-bond acceptors (Lipinski definition) is 4. The Kier molecular flexibility index (Phi) is 4.62. The van der Waals surface area contributed by atoms with Crippen molar-refractivity contribution in [1.82, 2.24) is 15.0 Å². The Morgan fingerprint density at radius 1 is 1.45 bits per heavy atom. The van der Waals surface area contributed by atoms with E-state index in [0.29, 0.717) is 12.3 Å². The lowest BCUT2D eigenvalue weighted by molar-refractivity contribution is -0.385. The van der Waals surface area contributed by atoms with Crippen LogP contribution in [-0.4, -0.2) is 25.8 Å². The molecule has 1 aromatic carbocycles. The molecule has 0 fully saturated rings. The first-order valence-corrected chi connectivity index (χ1v) is 6.51. The third kappa shape index (κ3) is 3.51. The Bertz CT molecular complexity index is 617. The fraction of sp³-hybridized carbons (Fsp3) is 0.333. The molecule has 8 heteroatoms. The first-order valence-electron chi connectivity index (χ1n) is 5.98. The molecule has 0 atom stereocenters. The van der Waals surface area contributed by atoms with Crippen molar-refractivity contribution in [3.05, 3.63) is 51.6 Å². The van der Waals surface area contributed by atoms with Gasteiger partial charge in [0.25, 0.3) is 5.69 Å². The number of nitrogens with zero attached hydrogens (tertiary/aromatic N) is 4. The van der Waals surface area contributed by atoms with Gasteiger partial charge >= 0.3 is 0 Å². The van der Waals surface area contributed by atoms with Crippen molar-refractivity contribution in [3.8, 4) is 0 Å². The van der Waals surface area contributed by atoms with Crippen LogP contribution in [0, 0.1) is 15.9 Å². The number of aryl methyl sites for hydroxylation is 1. The van der Waals surface area contributed by atoms with Crippen molar-refractivity contribution in [2.24, 2.45) is 0 Å². The van der Waals surface area contributed by atoms with Gasteiger partial charge in [0, 0.05) is 18.1 Å². The molecule has 6 nitrogen and oxygen atoms in total. The monoisotopic (exact) mass is 298 g/mol. The summed E-state index contributed by atoms with van der Waals surface area (Å²) < 4.78 is 14.7. The second kappa shape index (κ2) is 6.42. The van der Waals surface area contributed by atoms with Crippen LogP contribution in [0.2, 0.25) is 0 Å². The smallest absolute Gasteiger partial charge is 0.258 e. The molecule has 2 rings (SSSR count). The van der Waals surface area contributed by atoms with Crippen molar-refractivity contribution in [2.75, 3.05) is 5.88 Å². The zero-order chi connectivity index (χ0) is 14.5. The summed E-state index contributed by atoms with van der Waals surface area (Å²) in [6.07, 6.45) is 3.15. The molecule has 0 saturated carbocycles. The topological polar surface area (TPSA) is 73.8 Å². The average Bonchev–Trinajstić information content (AvgIpc) is 2.83. The molecule has 106 valence electrons. The van der Waals surface area contributed by atoms with E-state index in [0.717, 1.165) is 30.3 Å². The highest BCUT2D eigenvalue weighted by Crippen LogP contribution is 2.20. The molecule has 2 aromatic rings. The Hall–Kier alpha value is -2.02. The van der Waals surface area contributed by atoms with Gasteiger partial charge in [-0.25, -0.2) is 9.07 Å². The molecule has 0 radical (unpaired) electrons. The van der Waals surface area contributed by atoms with Crippen LogP contribution < -0.4 is 0 Å². The second-order valence-corrected chi connectivity index (χ2v) is 4.61. The third-order valence-electron chi connectivity index (χ3n) is 2.72. The average molecular weight is 299 g/mol. The maximum absolute atomic E-state index is 13.2. The largest absolute Gasteiger partial charge is 0.274 e. The van der Waals surface area contributed by atoms with Crippen LogP contribution in [0.15, 0.2) is 24.4 Å². The predicted octanol–water partition coefficient (Wildman–Crippen LogP) is 2.55. The van der Waals surface area contributed by atoms with Crippen LogP contribution in [-0.2, 0) is 13.0 Å². The van der Waals surface area contributed by atoms with Crippen molar-refractivity contribution < 1.29 is 9.31 Å². The van der Waals surface area contributed by atoms with Crippen molar-refractivity contribution >= 4 is 17.3 Å². The molecule has 1 heterocycles. The van der Waals surface area contributed by atoms with Crippen molar-refractivity contribution in [3.63, 3.8) is 0 Å². The lowest BCUT2D eigenvalue weighted by atomic mass is 10.1. The van der Waals surface area contributed by atoms with E-state index in [4.69, 9.17) is 11.6 Å². The molecule has 0 N–H and O–H groups in total. The van der Waals surface area contributed by atoms with Gasteiger partial charge in [-0.3, -0.25) is 10.1 Å². The van der Waals surface area contributed by atoms with Crippen LogP contribution in [0.3, 0.4) is 0 Å². The maximum Gasteiger partial charge on any atom is 0.274 e. The number of alkyl halides is 1. The Morgan fingerprint density at radius 2 is 2.25 bits per heavy atom. The summed E-state index contributed by atoms with van der Waals surface area (Å²) in [5.74, 6) is 0.00969. The molecule has 0 amide bonds. The quantitative estimate of drug-likeness (QED) is 0.466. The van der Waals surface area contributed by atoms with Gasteiger partial charge in [0.1, 0.15) is 5.82 Å². The molecular formula is C12H12ClFN4O2. The van der Waals surface area contributed by atoms with Crippen molar-refractivity contribution in [2.45, 2.75) is 19.4 Å². The molecule has 0 bridgehead atoms. The number of nitro groups is 1. The van der Waals surface area contributed by atoms with Gasteiger partial charge in [-0.15, -0.1) is 16.7 Å². The summed E-state index contributed by atoms with van der Waals surface area (Å²) in [5.41, 5.74) is 0.873. The number of nitro benzene ring substituents is 1. The second-order valence-electron chi connectivity index (χ2n) is 4.23. The van der Waals surface area contributed by atoms with Crippen molar-refractivity contribution in [1.29, 1.82) is 0 Å². The molecule has 0 aliphatic heterocycles. The summed E-state index contributed by atoms with van der Waals surface area (Å²) in [7, 11) is 0. The highest BCUT2D eigenvalue weighted by Gasteiger charge is 2.15. The molecule has 0 saturated heterocycles. The SMILES string of the molecule is O=[N+]([O-])c1ccc(F)cc1Cn1cc(CCCCl)nn1. The minimum atomic E-state index is -0.542. The van der Waals surface area contributed by atoms with Crippen LogP contribution in [0.25, 0.3) is 0 Å². The number of hydrogen-bond donors (Lipinski definition) is 0. The molecular weight excluding hydrogens is 287 g/mol. The zero-order valence-electron chi connectivity index (χ0n) is 10.5. The van der Waals surface area contributed by atoms with E-state index in [1.165, 1.54) is 4.68 Å². The lowest BCUT2D eigenvalue weighted by Crippen LogP contribution is -2.04. The summed E-state index contributed by atoms with van der Waals surface area (Å²) >= 11 is 5.59. The minimum Gasteiger partial charge on any atom is -0.258 e. The van der Waals surface area contributed by atoms with E-state index >= 15 is 0 Å². The van der Waals surface area contributed by atoms with E-state index in [9.17, 15) is 14.5 Å². The van der Waals surface area contributed by atoms with Gasteiger partial charge in [-0.05, 0) is 25.0 Å². The maximum atomic E-state index is 13.2. The Labute approximate surface area is 119 Å². The van der Waals surface area contributed by atoms with Gasteiger partial charge in [0.15, 0.2) is 0 Å². The third-order valence-corrected chi connectivity index (χ3v) is 2.99. The van der Waals surface area contributed by atoms with Crippen LogP contribution in [0.1, 0.15) is 17.7 Å². The predicted molar refractivity (Wildman–Crippen MR) is 71.2 cm³/mol. The van der Waals surface area contributed by atoms with E-state index in [1.807, 2.05) is 0 Å². The van der Waals surface area contributed by atoms with Gasteiger partial charge in [0.2, 0.25) is 0 Å². The molecule has 0 unspecified atom stereocenters. The molecule has 0 aliphatic carbocycles. The minimum absolute atomic E-state index is 0.0992. The Balaban J connectivity index is 2.19. The van der Waals surface area contributed by atoms with Crippen LogP contribution in [0.5, 0.6) is 0 Å². The summed E-state index contributed by atoms with van der Waals surface area (Å²) in [6, 6.07) is 3.35. The fourth-order valence-electron chi connectivity index (χ4n) is 1.81. The first kappa shape index (κ1) is 14.4. The lowest BCUT2D eigenvalue weighted by Gasteiger charge is -2.02. The van der Waals surface area contributed by atoms with Gasteiger partial charge in [0.05, 0.1) is 22.7 Å². The van der Waals surface area contributed by atoms with E-state index in [-0.39, 0.29) is 17.8 Å². The first-order chi connectivity index (χ1) is 9.60. The number of benzene rings is 1. The standard InChI is InChI=1S/C12H12ClFN4O2/c13-5-1-2-11-8-17(16-15-11)7-9-6-10(14)3-4-12(9)18(19)20/h3-4,6,8H,1-2,5,7H2. The molecule has 1 aromatic heterocycles. The normalized spacial score (nSPS) is 10.7. The summed E-state index contributed by atoms with van der Waals surface area (Å²) in [6.45, 7) is 0.0992. The van der Waals surface area contributed by atoms with Gasteiger partial charge < -0.3 is 0 Å². The highest BCUT2D eigenvalue weighted by atomic mass is 35.5. The van der Waals surface area contributed by atoms with E-state index in [1.54, 1.807) is 6.20 Å². The molecule has 0 spiro atoms. The fourth-order valence-corrected chi connectivity index (χ4v) is 1.95. The summed E-state index contributed by atoms with van der Waals surface area (Å²) in [5, 5.41) is 18.7. The molecule has 0 aliphatic rings.